The van der Waals surface area contributed by atoms with Crippen molar-refractivity contribution in [2.75, 3.05) is 19.7 Å². The molecular formula is C18H18N4O4S. The highest BCUT2D eigenvalue weighted by Gasteiger charge is 2.40. The number of ether oxygens (including phenoxy) is 1. The van der Waals surface area contributed by atoms with Gasteiger partial charge < -0.3 is 9.26 Å². The largest absolute Gasteiger partial charge is 0.494 e. The van der Waals surface area contributed by atoms with E-state index in [4.69, 9.17) is 9.26 Å². The smallest absolute Gasteiger partial charge is 0.243 e. The van der Waals surface area contributed by atoms with Gasteiger partial charge in [-0.25, -0.2) is 8.42 Å². The van der Waals surface area contributed by atoms with E-state index in [0.717, 1.165) is 5.56 Å². The molecule has 140 valence electrons. The third kappa shape index (κ3) is 3.43. The number of benzene rings is 1. The Bertz CT molecular complexity index is 1010. The van der Waals surface area contributed by atoms with Gasteiger partial charge in [0, 0.05) is 31.0 Å². The molecule has 0 N–H and O–H groups in total. The quantitative estimate of drug-likeness (QED) is 0.641. The standard InChI is InChI=1S/C18H18N4O4S/c1-2-25-15-5-7-16(8-6-15)27(23,24)22-11-14(12-22)18-20-17(21-26-18)13-4-3-9-19-10-13/h3-10,14H,2,11-12H2,1H3. The van der Waals surface area contributed by atoms with Crippen molar-refractivity contribution >= 4 is 10.0 Å². The van der Waals surface area contributed by atoms with Crippen molar-refractivity contribution < 1.29 is 17.7 Å². The molecule has 0 radical (unpaired) electrons. The third-order valence-electron chi connectivity index (χ3n) is 4.33. The number of pyridine rings is 1. The van der Waals surface area contributed by atoms with Gasteiger partial charge in [0.1, 0.15) is 5.75 Å². The van der Waals surface area contributed by atoms with Crippen LogP contribution in [0.3, 0.4) is 0 Å². The summed E-state index contributed by atoms with van der Waals surface area (Å²) in [6, 6.07) is 10.1. The molecule has 1 aromatic carbocycles. The van der Waals surface area contributed by atoms with Crippen LogP contribution in [0.15, 0.2) is 58.2 Å². The number of aromatic nitrogens is 3. The molecule has 0 amide bonds. The zero-order valence-corrected chi connectivity index (χ0v) is 15.5. The van der Waals surface area contributed by atoms with E-state index >= 15 is 0 Å². The first kappa shape index (κ1) is 17.6. The van der Waals surface area contributed by atoms with Gasteiger partial charge in [-0.15, -0.1) is 0 Å². The summed E-state index contributed by atoms with van der Waals surface area (Å²) in [7, 11) is -3.54. The lowest BCUT2D eigenvalue weighted by molar-refractivity contribution is 0.217. The van der Waals surface area contributed by atoms with E-state index < -0.39 is 10.0 Å². The molecule has 9 heteroatoms. The van der Waals surface area contributed by atoms with E-state index in [-0.39, 0.29) is 10.8 Å². The summed E-state index contributed by atoms with van der Waals surface area (Å²) in [6.45, 7) is 3.03. The fourth-order valence-electron chi connectivity index (χ4n) is 2.83. The minimum absolute atomic E-state index is 0.111. The lowest BCUT2D eigenvalue weighted by atomic mass is 10.0. The van der Waals surface area contributed by atoms with Gasteiger partial charge in [-0.3, -0.25) is 4.98 Å². The van der Waals surface area contributed by atoms with Crippen LogP contribution in [0, 0.1) is 0 Å². The van der Waals surface area contributed by atoms with Gasteiger partial charge in [-0.2, -0.15) is 9.29 Å². The molecule has 4 rings (SSSR count). The van der Waals surface area contributed by atoms with Crippen molar-refractivity contribution in [2.45, 2.75) is 17.7 Å². The van der Waals surface area contributed by atoms with Crippen LogP contribution >= 0.6 is 0 Å². The molecule has 1 aliphatic rings. The number of sulfonamides is 1. The SMILES string of the molecule is CCOc1ccc(S(=O)(=O)N2CC(c3nc(-c4cccnc4)no3)C2)cc1. The summed E-state index contributed by atoms with van der Waals surface area (Å²) in [5.74, 6) is 1.42. The topological polar surface area (TPSA) is 98.4 Å². The van der Waals surface area contributed by atoms with Crippen molar-refractivity contribution in [1.82, 2.24) is 19.4 Å². The summed E-state index contributed by atoms with van der Waals surface area (Å²) < 4.78 is 37.5. The van der Waals surface area contributed by atoms with Crippen LogP contribution in [0.2, 0.25) is 0 Å². The highest BCUT2D eigenvalue weighted by molar-refractivity contribution is 7.89. The fraction of sp³-hybridized carbons (Fsp3) is 0.278. The summed E-state index contributed by atoms with van der Waals surface area (Å²) in [6.07, 6.45) is 3.32. The van der Waals surface area contributed by atoms with Crippen LogP contribution in [0.1, 0.15) is 18.7 Å². The highest BCUT2D eigenvalue weighted by Crippen LogP contribution is 2.32. The fourth-order valence-corrected chi connectivity index (χ4v) is 4.36. The van der Waals surface area contributed by atoms with Gasteiger partial charge in [0.2, 0.25) is 21.7 Å². The Morgan fingerprint density at radius 1 is 1.22 bits per heavy atom. The maximum absolute atomic E-state index is 12.7. The van der Waals surface area contributed by atoms with Gasteiger partial charge in [0.25, 0.3) is 0 Å². The summed E-state index contributed by atoms with van der Waals surface area (Å²) in [4.78, 5) is 8.64. The Morgan fingerprint density at radius 2 is 2.00 bits per heavy atom. The highest BCUT2D eigenvalue weighted by atomic mass is 32.2. The Hall–Kier alpha value is -2.78. The molecule has 0 bridgehead atoms. The van der Waals surface area contributed by atoms with Gasteiger partial charge >= 0.3 is 0 Å². The number of hydrogen-bond acceptors (Lipinski definition) is 7. The average molecular weight is 386 g/mol. The Labute approximate surface area is 156 Å². The van der Waals surface area contributed by atoms with Gasteiger partial charge in [-0.05, 0) is 43.3 Å². The van der Waals surface area contributed by atoms with E-state index in [2.05, 4.69) is 15.1 Å². The first-order valence-electron chi connectivity index (χ1n) is 8.55. The van der Waals surface area contributed by atoms with E-state index in [9.17, 15) is 8.42 Å². The van der Waals surface area contributed by atoms with E-state index in [1.807, 2.05) is 13.0 Å². The zero-order valence-electron chi connectivity index (χ0n) is 14.6. The molecule has 1 fully saturated rings. The molecule has 0 aliphatic carbocycles. The Kier molecular flexibility index (Phi) is 4.63. The molecule has 8 nitrogen and oxygen atoms in total. The second kappa shape index (κ2) is 7.09. The first-order chi connectivity index (χ1) is 13.1. The summed E-state index contributed by atoms with van der Waals surface area (Å²) >= 11 is 0. The predicted molar refractivity (Wildman–Crippen MR) is 96.6 cm³/mol. The molecule has 0 saturated carbocycles. The van der Waals surface area contributed by atoms with Crippen LogP contribution in [0.25, 0.3) is 11.4 Å². The van der Waals surface area contributed by atoms with Crippen LogP contribution in [-0.2, 0) is 10.0 Å². The Morgan fingerprint density at radius 3 is 2.67 bits per heavy atom. The molecule has 2 aromatic heterocycles. The third-order valence-corrected chi connectivity index (χ3v) is 6.18. The summed E-state index contributed by atoms with van der Waals surface area (Å²) in [5.41, 5.74) is 0.755. The predicted octanol–water partition coefficient (Wildman–Crippen LogP) is 2.32. The van der Waals surface area contributed by atoms with Crippen molar-refractivity contribution in [3.63, 3.8) is 0 Å². The van der Waals surface area contributed by atoms with Crippen LogP contribution in [0.4, 0.5) is 0 Å². The van der Waals surface area contributed by atoms with Crippen molar-refractivity contribution in [2.24, 2.45) is 0 Å². The van der Waals surface area contributed by atoms with Gasteiger partial charge in [0.05, 0.1) is 17.4 Å². The minimum atomic E-state index is -3.54. The molecule has 27 heavy (non-hydrogen) atoms. The van der Waals surface area contributed by atoms with Crippen molar-refractivity contribution in [3.05, 3.63) is 54.7 Å². The van der Waals surface area contributed by atoms with E-state index in [1.54, 1.807) is 42.7 Å². The van der Waals surface area contributed by atoms with Gasteiger partial charge in [0.15, 0.2) is 0 Å². The lowest BCUT2D eigenvalue weighted by Gasteiger charge is -2.35. The van der Waals surface area contributed by atoms with E-state index in [0.29, 0.717) is 37.2 Å². The second-order valence-corrected chi connectivity index (χ2v) is 8.06. The van der Waals surface area contributed by atoms with Gasteiger partial charge in [-0.1, -0.05) is 5.16 Å². The maximum Gasteiger partial charge on any atom is 0.243 e. The van der Waals surface area contributed by atoms with E-state index in [1.165, 1.54) is 4.31 Å². The van der Waals surface area contributed by atoms with Crippen LogP contribution in [0.5, 0.6) is 5.75 Å². The molecule has 3 heterocycles. The number of rotatable bonds is 6. The Balaban J connectivity index is 1.43. The molecule has 0 spiro atoms. The van der Waals surface area contributed by atoms with Crippen molar-refractivity contribution in [3.8, 4) is 17.1 Å². The molecule has 1 aliphatic heterocycles. The summed E-state index contributed by atoms with van der Waals surface area (Å²) in [5, 5.41) is 3.95. The van der Waals surface area contributed by atoms with Crippen LogP contribution in [-0.4, -0.2) is 47.5 Å². The molecule has 1 saturated heterocycles. The number of nitrogens with zero attached hydrogens (tertiary/aromatic N) is 4. The lowest BCUT2D eigenvalue weighted by Crippen LogP contribution is -2.48. The molecule has 0 unspecified atom stereocenters. The normalized spacial score (nSPS) is 15.4. The number of hydrogen-bond donors (Lipinski definition) is 0. The minimum Gasteiger partial charge on any atom is -0.494 e. The molecular weight excluding hydrogens is 368 g/mol. The molecule has 0 atom stereocenters. The monoisotopic (exact) mass is 386 g/mol. The second-order valence-electron chi connectivity index (χ2n) is 6.12. The van der Waals surface area contributed by atoms with Crippen LogP contribution < -0.4 is 4.74 Å². The zero-order chi connectivity index (χ0) is 18.9. The molecule has 3 aromatic rings. The van der Waals surface area contributed by atoms with Crippen molar-refractivity contribution in [1.29, 1.82) is 0 Å². The first-order valence-corrected chi connectivity index (χ1v) is 9.99. The maximum atomic E-state index is 12.7. The average Bonchev–Trinajstić information content (AvgIpc) is 3.11.